The van der Waals surface area contributed by atoms with Crippen LogP contribution in [0.1, 0.15) is 0 Å². The molecule has 2 rings (SSSR count). The van der Waals surface area contributed by atoms with Crippen LogP contribution in [0.15, 0.2) is 23.4 Å². The molecule has 0 aromatic carbocycles. The van der Waals surface area contributed by atoms with Gasteiger partial charge in [0.1, 0.15) is 15.2 Å². The average molecular weight is 308 g/mol. The second-order valence-corrected chi connectivity index (χ2v) is 5.75. The van der Waals surface area contributed by atoms with Gasteiger partial charge in [0.25, 0.3) is 10.0 Å². The number of sulfonamides is 1. The summed E-state index contributed by atoms with van der Waals surface area (Å²) >= 11 is 11.3. The van der Waals surface area contributed by atoms with Crippen LogP contribution in [-0.4, -0.2) is 28.2 Å². The summed E-state index contributed by atoms with van der Waals surface area (Å²) < 4.78 is 27.3. The summed E-state index contributed by atoms with van der Waals surface area (Å²) in [4.78, 5) is 7.40. The Morgan fingerprint density at radius 3 is 2.39 bits per heavy atom. The van der Waals surface area contributed by atoms with Crippen LogP contribution in [0.4, 0.5) is 5.95 Å². The van der Waals surface area contributed by atoms with Crippen molar-refractivity contribution in [1.82, 2.24) is 19.7 Å². The third-order valence-corrected chi connectivity index (χ3v) is 3.55. The highest BCUT2D eigenvalue weighted by Gasteiger charge is 2.18. The van der Waals surface area contributed by atoms with E-state index in [9.17, 15) is 8.42 Å². The smallest absolute Gasteiger partial charge is 0.267 e. The van der Waals surface area contributed by atoms with Crippen LogP contribution < -0.4 is 4.72 Å². The zero-order valence-electron chi connectivity index (χ0n) is 9.00. The first-order chi connectivity index (χ1) is 8.37. The first kappa shape index (κ1) is 13.1. The summed E-state index contributed by atoms with van der Waals surface area (Å²) in [6, 6.07) is 1.30. The molecule has 0 unspecified atom stereocenters. The molecule has 0 atom stereocenters. The van der Waals surface area contributed by atoms with Crippen LogP contribution in [0.3, 0.4) is 0 Å². The molecule has 0 bridgehead atoms. The number of nitrogens with one attached hydrogen (secondary N) is 1. The van der Waals surface area contributed by atoms with Crippen molar-refractivity contribution in [2.24, 2.45) is 7.05 Å². The molecule has 2 aromatic heterocycles. The average Bonchev–Trinajstić information content (AvgIpc) is 2.62. The van der Waals surface area contributed by atoms with Gasteiger partial charge in [-0.2, -0.15) is 5.10 Å². The molecule has 0 aliphatic heterocycles. The van der Waals surface area contributed by atoms with Crippen molar-refractivity contribution >= 4 is 39.2 Å². The Bertz CT molecular complexity index is 664. The predicted molar refractivity (Wildman–Crippen MR) is 66.1 cm³/mol. The van der Waals surface area contributed by atoms with Crippen LogP contribution in [0.25, 0.3) is 0 Å². The topological polar surface area (TPSA) is 89.8 Å². The SMILES string of the molecule is Cn1cc(S(=O)(=O)Nc2nc(Cl)cc(Cl)n2)cn1. The normalized spacial score (nSPS) is 11.5. The number of halogens is 2. The number of hydrogen-bond acceptors (Lipinski definition) is 5. The standard InChI is InChI=1S/C8H7Cl2N5O2S/c1-15-4-5(3-11-15)18(16,17)14-8-12-6(9)2-7(10)13-8/h2-4H,1H3,(H,12,13,14). The molecular formula is C8H7Cl2N5O2S. The van der Waals surface area contributed by atoms with Gasteiger partial charge in [0.15, 0.2) is 0 Å². The van der Waals surface area contributed by atoms with E-state index in [1.54, 1.807) is 7.05 Å². The number of aromatic nitrogens is 4. The van der Waals surface area contributed by atoms with E-state index in [-0.39, 0.29) is 21.2 Å². The van der Waals surface area contributed by atoms with Crippen molar-refractivity contribution in [2.45, 2.75) is 4.90 Å². The Labute approximate surface area is 113 Å². The van der Waals surface area contributed by atoms with Crippen LogP contribution in [0.5, 0.6) is 0 Å². The number of aryl methyl sites for hydroxylation is 1. The molecule has 10 heteroatoms. The fourth-order valence-electron chi connectivity index (χ4n) is 1.15. The van der Waals surface area contributed by atoms with Gasteiger partial charge < -0.3 is 0 Å². The van der Waals surface area contributed by atoms with Crippen LogP contribution in [0.2, 0.25) is 10.3 Å². The van der Waals surface area contributed by atoms with E-state index >= 15 is 0 Å². The minimum absolute atomic E-state index is 0.00954. The highest BCUT2D eigenvalue weighted by molar-refractivity contribution is 7.92. The summed E-state index contributed by atoms with van der Waals surface area (Å²) in [5.41, 5.74) is 0. The molecule has 18 heavy (non-hydrogen) atoms. The summed E-state index contributed by atoms with van der Waals surface area (Å²) in [6.45, 7) is 0. The lowest BCUT2D eigenvalue weighted by atomic mass is 10.7. The quantitative estimate of drug-likeness (QED) is 0.864. The maximum atomic E-state index is 11.9. The maximum Gasteiger partial charge on any atom is 0.267 e. The Hall–Kier alpha value is -1.38. The van der Waals surface area contributed by atoms with Gasteiger partial charge >= 0.3 is 0 Å². The molecule has 0 saturated carbocycles. The van der Waals surface area contributed by atoms with E-state index in [1.807, 2.05) is 0 Å². The van der Waals surface area contributed by atoms with Crippen molar-refractivity contribution in [3.8, 4) is 0 Å². The lowest BCUT2D eigenvalue weighted by Crippen LogP contribution is -2.14. The van der Waals surface area contributed by atoms with Gasteiger partial charge in [-0.3, -0.25) is 4.68 Å². The molecule has 0 radical (unpaired) electrons. The van der Waals surface area contributed by atoms with Gasteiger partial charge in [0.2, 0.25) is 5.95 Å². The van der Waals surface area contributed by atoms with E-state index in [1.165, 1.54) is 23.1 Å². The fourth-order valence-corrected chi connectivity index (χ4v) is 2.50. The number of anilines is 1. The van der Waals surface area contributed by atoms with E-state index in [4.69, 9.17) is 23.2 Å². The maximum absolute atomic E-state index is 11.9. The Balaban J connectivity index is 2.33. The summed E-state index contributed by atoms with van der Waals surface area (Å²) in [5.74, 6) is -0.198. The Morgan fingerprint density at radius 1 is 1.28 bits per heavy atom. The van der Waals surface area contributed by atoms with Crippen LogP contribution in [0, 0.1) is 0 Å². The molecule has 0 aliphatic carbocycles. The first-order valence-electron chi connectivity index (χ1n) is 4.58. The Kier molecular flexibility index (Phi) is 3.42. The van der Waals surface area contributed by atoms with Gasteiger partial charge in [0.05, 0.1) is 6.20 Å². The molecule has 1 N–H and O–H groups in total. The lowest BCUT2D eigenvalue weighted by molar-refractivity contribution is 0.600. The lowest BCUT2D eigenvalue weighted by Gasteiger charge is -2.04. The van der Waals surface area contributed by atoms with Crippen molar-refractivity contribution in [2.75, 3.05) is 4.72 Å². The minimum atomic E-state index is -3.80. The van der Waals surface area contributed by atoms with Gasteiger partial charge in [-0.15, -0.1) is 0 Å². The highest BCUT2D eigenvalue weighted by atomic mass is 35.5. The van der Waals surface area contributed by atoms with Crippen molar-refractivity contribution < 1.29 is 8.42 Å². The summed E-state index contributed by atoms with van der Waals surface area (Å²) in [5, 5.41) is 3.85. The number of rotatable bonds is 3. The molecule has 0 saturated heterocycles. The second kappa shape index (κ2) is 4.71. The molecule has 2 heterocycles. The largest absolute Gasteiger partial charge is 0.274 e. The molecule has 2 aromatic rings. The molecule has 96 valence electrons. The van der Waals surface area contributed by atoms with E-state index in [2.05, 4.69) is 19.8 Å². The zero-order valence-corrected chi connectivity index (χ0v) is 11.3. The molecule has 0 fully saturated rings. The third kappa shape index (κ3) is 2.89. The van der Waals surface area contributed by atoms with E-state index in [0.717, 1.165) is 0 Å². The van der Waals surface area contributed by atoms with Crippen LogP contribution in [-0.2, 0) is 17.1 Å². The van der Waals surface area contributed by atoms with E-state index < -0.39 is 10.0 Å². The number of hydrogen-bond donors (Lipinski definition) is 1. The summed E-state index contributed by atoms with van der Waals surface area (Å²) in [6.07, 6.45) is 2.54. The molecule has 0 aliphatic rings. The minimum Gasteiger partial charge on any atom is -0.274 e. The van der Waals surface area contributed by atoms with Gasteiger partial charge in [-0.25, -0.2) is 23.1 Å². The van der Waals surface area contributed by atoms with Gasteiger partial charge in [-0.05, 0) is 0 Å². The van der Waals surface area contributed by atoms with Crippen LogP contribution >= 0.6 is 23.2 Å². The third-order valence-electron chi connectivity index (χ3n) is 1.88. The monoisotopic (exact) mass is 307 g/mol. The Morgan fingerprint density at radius 2 is 1.89 bits per heavy atom. The van der Waals surface area contributed by atoms with Gasteiger partial charge in [-0.1, -0.05) is 23.2 Å². The van der Waals surface area contributed by atoms with Gasteiger partial charge in [0, 0.05) is 19.3 Å². The van der Waals surface area contributed by atoms with Crippen molar-refractivity contribution in [3.63, 3.8) is 0 Å². The molecule has 0 amide bonds. The highest BCUT2D eigenvalue weighted by Crippen LogP contribution is 2.17. The second-order valence-electron chi connectivity index (χ2n) is 3.29. The number of nitrogens with zero attached hydrogens (tertiary/aromatic N) is 4. The summed E-state index contributed by atoms with van der Waals surface area (Å²) in [7, 11) is -2.20. The van der Waals surface area contributed by atoms with E-state index in [0.29, 0.717) is 0 Å². The van der Waals surface area contributed by atoms with Crippen molar-refractivity contribution in [1.29, 1.82) is 0 Å². The fraction of sp³-hybridized carbons (Fsp3) is 0.125. The molecule has 0 spiro atoms. The zero-order chi connectivity index (χ0) is 13.3. The first-order valence-corrected chi connectivity index (χ1v) is 6.82. The molecular weight excluding hydrogens is 301 g/mol. The predicted octanol–water partition coefficient (Wildman–Crippen LogP) is 1.32. The molecule has 7 nitrogen and oxygen atoms in total. The van der Waals surface area contributed by atoms with Crippen molar-refractivity contribution in [3.05, 3.63) is 28.8 Å².